The van der Waals surface area contributed by atoms with Crippen molar-refractivity contribution in [2.24, 2.45) is 7.05 Å². The summed E-state index contributed by atoms with van der Waals surface area (Å²) in [4.78, 5) is 30.7. The molecule has 0 saturated carbocycles. The van der Waals surface area contributed by atoms with E-state index in [9.17, 15) is 14.7 Å². The van der Waals surface area contributed by atoms with Crippen LogP contribution in [0.25, 0.3) is 11.1 Å². The first-order valence-electron chi connectivity index (χ1n) is 16.8. The number of aromatic nitrogens is 1. The second kappa shape index (κ2) is 17.8. The van der Waals surface area contributed by atoms with Gasteiger partial charge in [-0.15, -0.1) is 0 Å². The molecule has 0 aliphatic carbocycles. The number of methoxy groups -OCH3 is 1. The van der Waals surface area contributed by atoms with E-state index in [4.69, 9.17) is 4.74 Å². The molecule has 1 saturated heterocycles. The zero-order chi connectivity index (χ0) is 33.8. The van der Waals surface area contributed by atoms with E-state index in [0.717, 1.165) is 54.1 Å². The van der Waals surface area contributed by atoms with Gasteiger partial charge in [0, 0.05) is 56.2 Å². The Labute approximate surface area is 275 Å². The number of ether oxygens (including phenoxy) is 1. The summed E-state index contributed by atoms with van der Waals surface area (Å²) in [5.41, 5.74) is 5.71. The van der Waals surface area contributed by atoms with Crippen LogP contribution in [0.15, 0.2) is 48.7 Å². The van der Waals surface area contributed by atoms with Gasteiger partial charge in [-0.05, 0) is 92.9 Å². The summed E-state index contributed by atoms with van der Waals surface area (Å²) < 4.78 is 7.44. The molecule has 0 spiro atoms. The molecule has 0 radical (unpaired) electrons. The van der Waals surface area contributed by atoms with Gasteiger partial charge in [-0.2, -0.15) is 0 Å². The highest BCUT2D eigenvalue weighted by atomic mass is 16.5. The van der Waals surface area contributed by atoms with Gasteiger partial charge in [0.1, 0.15) is 11.4 Å². The lowest BCUT2D eigenvalue weighted by atomic mass is 10.00. The highest BCUT2D eigenvalue weighted by Gasteiger charge is 2.27. The number of hydrogen-bond donors (Lipinski definition) is 3. The molecule has 0 bridgehead atoms. The predicted molar refractivity (Wildman–Crippen MR) is 188 cm³/mol. The molecule has 1 fully saturated rings. The summed E-state index contributed by atoms with van der Waals surface area (Å²) >= 11 is 0. The first-order valence-corrected chi connectivity index (χ1v) is 16.8. The third-order valence-electron chi connectivity index (χ3n) is 8.53. The largest absolute Gasteiger partial charge is 0.497 e. The monoisotopic (exact) mass is 633 g/mol. The Balaban J connectivity index is 0.00000282. The third kappa shape index (κ3) is 9.59. The summed E-state index contributed by atoms with van der Waals surface area (Å²) in [5.74, 6) is 0.437. The highest BCUT2D eigenvalue weighted by Crippen LogP contribution is 2.31. The molecular formula is C37H55N5O4. The summed E-state index contributed by atoms with van der Waals surface area (Å²) in [5, 5.41) is 16.5. The number of carbonyl (C=O) groups is 2. The Morgan fingerprint density at radius 3 is 2.50 bits per heavy atom. The maximum Gasteiger partial charge on any atom is 0.270 e. The zero-order valence-electron chi connectivity index (χ0n) is 29.2. The fraction of sp³-hybridized carbons (Fsp3) is 0.514. The van der Waals surface area contributed by atoms with Crippen LogP contribution < -0.4 is 15.4 Å². The van der Waals surface area contributed by atoms with Crippen LogP contribution in [0.4, 0.5) is 5.69 Å². The van der Waals surface area contributed by atoms with Crippen LogP contribution in [-0.2, 0) is 7.05 Å². The first-order chi connectivity index (χ1) is 22.1. The van der Waals surface area contributed by atoms with Gasteiger partial charge in [0.05, 0.1) is 19.3 Å². The minimum Gasteiger partial charge on any atom is -0.497 e. The molecule has 1 aliphatic heterocycles. The van der Waals surface area contributed by atoms with Crippen molar-refractivity contribution in [3.8, 4) is 16.9 Å². The van der Waals surface area contributed by atoms with Crippen molar-refractivity contribution in [2.75, 3.05) is 51.7 Å². The molecule has 46 heavy (non-hydrogen) atoms. The van der Waals surface area contributed by atoms with Crippen molar-refractivity contribution < 1.29 is 19.4 Å². The number of aryl methyl sites for hydroxylation is 2. The van der Waals surface area contributed by atoms with Gasteiger partial charge in [0.25, 0.3) is 11.8 Å². The number of likely N-dealkylation sites (N-methyl/N-ethyl adjacent to an activating group) is 1. The third-order valence-corrected chi connectivity index (χ3v) is 8.53. The molecule has 1 aliphatic rings. The van der Waals surface area contributed by atoms with E-state index in [2.05, 4.69) is 29.4 Å². The van der Waals surface area contributed by atoms with Crippen LogP contribution in [-0.4, -0.2) is 83.8 Å². The molecule has 4 rings (SSSR count). The molecule has 1 aromatic heterocycles. The summed E-state index contributed by atoms with van der Waals surface area (Å²) in [7, 11) is 3.47. The molecule has 2 atom stereocenters. The van der Waals surface area contributed by atoms with Crippen molar-refractivity contribution in [3.63, 3.8) is 0 Å². The maximum atomic E-state index is 13.5. The van der Waals surface area contributed by atoms with Crippen molar-refractivity contribution in [1.82, 2.24) is 19.7 Å². The second-order valence-corrected chi connectivity index (χ2v) is 11.9. The molecule has 2 heterocycles. The smallest absolute Gasteiger partial charge is 0.270 e. The lowest BCUT2D eigenvalue weighted by Gasteiger charge is -2.21. The van der Waals surface area contributed by atoms with E-state index in [1.165, 1.54) is 12.8 Å². The molecule has 2 aromatic carbocycles. The van der Waals surface area contributed by atoms with Gasteiger partial charge in [0.15, 0.2) is 0 Å². The van der Waals surface area contributed by atoms with E-state index >= 15 is 0 Å². The normalized spacial score (nSPS) is 14.9. The first kappa shape index (κ1) is 36.6. The summed E-state index contributed by atoms with van der Waals surface area (Å²) in [6.07, 6.45) is 4.45. The van der Waals surface area contributed by atoms with Crippen molar-refractivity contribution in [2.45, 2.75) is 73.0 Å². The van der Waals surface area contributed by atoms with Gasteiger partial charge < -0.3 is 34.8 Å². The number of nitrogens with one attached hydrogen (secondary N) is 2. The Morgan fingerprint density at radius 1 is 1.09 bits per heavy atom. The number of nitrogens with zero attached hydrogens (tertiary/aromatic N) is 3. The van der Waals surface area contributed by atoms with Gasteiger partial charge in [0.2, 0.25) is 0 Å². The van der Waals surface area contributed by atoms with Crippen LogP contribution in [0.1, 0.15) is 91.9 Å². The van der Waals surface area contributed by atoms with E-state index in [-0.39, 0.29) is 17.9 Å². The van der Waals surface area contributed by atoms with Crippen molar-refractivity contribution in [3.05, 3.63) is 71.0 Å². The highest BCUT2D eigenvalue weighted by molar-refractivity contribution is 5.97. The minimum atomic E-state index is -0.467. The molecule has 2 unspecified atom stereocenters. The van der Waals surface area contributed by atoms with Gasteiger partial charge in [-0.3, -0.25) is 9.59 Å². The average molecular weight is 634 g/mol. The summed E-state index contributed by atoms with van der Waals surface area (Å²) in [6.45, 7) is 17.1. The molecule has 9 heteroatoms. The van der Waals surface area contributed by atoms with E-state index < -0.39 is 6.10 Å². The average Bonchev–Trinajstić information content (AvgIpc) is 3.69. The number of likely N-dealkylation sites (tertiary alicyclic amines) is 1. The van der Waals surface area contributed by atoms with E-state index in [0.29, 0.717) is 36.5 Å². The lowest BCUT2D eigenvalue weighted by molar-refractivity contribution is 0.0755. The zero-order valence-corrected chi connectivity index (χ0v) is 29.2. The molecule has 2 amide bonds. The SMILES string of the molecule is CC.CCCCN(CC)CCNc1ccc(C)c(C(=O)NC(C)c2cc(OC)cc(-c3cc(C(=O)N4CCC(O)C4)n(C)c3)c2)c1. The van der Waals surface area contributed by atoms with Crippen LogP contribution in [0, 0.1) is 6.92 Å². The number of unbranched alkanes of at least 4 members (excludes halogenated alkanes) is 1. The fourth-order valence-corrected chi connectivity index (χ4v) is 5.68. The molecule has 9 nitrogen and oxygen atoms in total. The van der Waals surface area contributed by atoms with Gasteiger partial charge in [-0.25, -0.2) is 0 Å². The number of carbonyl (C=O) groups excluding carboxylic acids is 2. The predicted octanol–water partition coefficient (Wildman–Crippen LogP) is 6.27. The maximum absolute atomic E-state index is 13.5. The molecule has 3 N–H and O–H groups in total. The number of amides is 2. The second-order valence-electron chi connectivity index (χ2n) is 11.9. The number of aliphatic hydroxyl groups excluding tert-OH is 1. The van der Waals surface area contributed by atoms with Gasteiger partial charge >= 0.3 is 0 Å². The van der Waals surface area contributed by atoms with E-state index in [1.807, 2.05) is 88.0 Å². The molecule has 3 aromatic rings. The van der Waals surface area contributed by atoms with Crippen LogP contribution in [0.5, 0.6) is 5.75 Å². The van der Waals surface area contributed by atoms with Gasteiger partial charge in [-0.1, -0.05) is 40.2 Å². The Morgan fingerprint density at radius 2 is 1.85 bits per heavy atom. The van der Waals surface area contributed by atoms with Crippen LogP contribution in [0.3, 0.4) is 0 Å². The fourth-order valence-electron chi connectivity index (χ4n) is 5.68. The number of β-amino-alcohol motifs (C(OH)–C–C–N with tert-alkyl or cyclic N) is 1. The van der Waals surface area contributed by atoms with Crippen molar-refractivity contribution >= 4 is 17.5 Å². The minimum absolute atomic E-state index is 0.0923. The number of benzene rings is 2. The Hall–Kier alpha value is -3.82. The number of anilines is 1. The topological polar surface area (TPSA) is 99.1 Å². The van der Waals surface area contributed by atoms with Crippen LogP contribution in [0.2, 0.25) is 0 Å². The number of hydrogen-bond acceptors (Lipinski definition) is 6. The number of aliphatic hydroxyl groups is 1. The molecule has 252 valence electrons. The van der Waals surface area contributed by atoms with E-state index in [1.54, 1.807) is 12.0 Å². The van der Waals surface area contributed by atoms with Crippen molar-refractivity contribution in [1.29, 1.82) is 0 Å². The quantitative estimate of drug-likeness (QED) is 0.194. The van der Waals surface area contributed by atoms with Crippen LogP contribution >= 0.6 is 0 Å². The summed E-state index contributed by atoms with van der Waals surface area (Å²) in [6, 6.07) is 13.4. The standard InChI is InChI=1S/C35H49N5O4.C2H6/c1-7-9-14-39(8-2)16-13-36-29-11-10-24(3)32(21-29)34(42)37-25(4)26-17-27(19-31(18-26)44-6)28-20-33(38(5)22-28)35(43)40-15-12-30(41)23-40;1-2/h10-11,17-22,25,30,36,41H,7-9,12-16,23H2,1-6H3,(H,37,42);1-2H3. The number of rotatable bonds is 14. The molecular weight excluding hydrogens is 578 g/mol. The Kier molecular flexibility index (Phi) is 14.2. The Bertz CT molecular complexity index is 1440. The lowest BCUT2D eigenvalue weighted by Crippen LogP contribution is -2.30.